The van der Waals surface area contributed by atoms with E-state index < -0.39 is 0 Å². The summed E-state index contributed by atoms with van der Waals surface area (Å²) in [6, 6.07) is 4.79. The van der Waals surface area contributed by atoms with Gasteiger partial charge in [-0.2, -0.15) is 0 Å². The van der Waals surface area contributed by atoms with Gasteiger partial charge < -0.3 is 5.32 Å². The van der Waals surface area contributed by atoms with Crippen LogP contribution in [-0.2, 0) is 11.2 Å². The SMILES string of the molecule is CC(C)=CC(=O)NCCc1cc(Br)ccc1F. The first-order valence-corrected chi connectivity index (χ1v) is 6.15. The van der Waals surface area contributed by atoms with Crippen molar-refractivity contribution in [3.05, 3.63) is 45.7 Å². The van der Waals surface area contributed by atoms with Crippen molar-refractivity contribution in [2.75, 3.05) is 6.54 Å². The van der Waals surface area contributed by atoms with Gasteiger partial charge in [0.05, 0.1) is 0 Å². The van der Waals surface area contributed by atoms with Gasteiger partial charge in [0, 0.05) is 17.1 Å². The van der Waals surface area contributed by atoms with Gasteiger partial charge in [-0.15, -0.1) is 0 Å². The number of carbonyl (C=O) groups excluding carboxylic acids is 1. The van der Waals surface area contributed by atoms with Crippen molar-refractivity contribution in [2.45, 2.75) is 20.3 Å². The number of rotatable bonds is 4. The molecule has 4 heteroatoms. The van der Waals surface area contributed by atoms with E-state index in [9.17, 15) is 9.18 Å². The van der Waals surface area contributed by atoms with E-state index in [1.807, 2.05) is 13.8 Å². The van der Waals surface area contributed by atoms with E-state index in [1.165, 1.54) is 12.1 Å². The van der Waals surface area contributed by atoms with Crippen molar-refractivity contribution in [1.82, 2.24) is 5.32 Å². The van der Waals surface area contributed by atoms with Crippen LogP contribution >= 0.6 is 15.9 Å². The number of benzene rings is 1. The average molecular weight is 300 g/mol. The minimum absolute atomic E-state index is 0.139. The van der Waals surface area contributed by atoms with Crippen LogP contribution in [0.15, 0.2) is 34.3 Å². The predicted molar refractivity (Wildman–Crippen MR) is 70.2 cm³/mol. The second-order valence-corrected chi connectivity index (χ2v) is 4.91. The summed E-state index contributed by atoms with van der Waals surface area (Å²) in [4.78, 5) is 11.3. The van der Waals surface area contributed by atoms with Crippen LogP contribution in [0.4, 0.5) is 4.39 Å². The third-order valence-electron chi connectivity index (χ3n) is 2.12. The molecule has 0 aromatic heterocycles. The Labute approximate surface area is 109 Å². The number of carbonyl (C=O) groups is 1. The number of hydrogen-bond donors (Lipinski definition) is 1. The average Bonchev–Trinajstić information content (AvgIpc) is 2.22. The molecule has 1 aromatic rings. The highest BCUT2D eigenvalue weighted by molar-refractivity contribution is 9.10. The molecular weight excluding hydrogens is 285 g/mol. The van der Waals surface area contributed by atoms with Crippen molar-refractivity contribution in [3.8, 4) is 0 Å². The first-order chi connectivity index (χ1) is 7.99. The molecule has 1 N–H and O–H groups in total. The van der Waals surface area contributed by atoms with Crippen molar-refractivity contribution in [1.29, 1.82) is 0 Å². The zero-order valence-electron chi connectivity index (χ0n) is 9.89. The van der Waals surface area contributed by atoms with E-state index in [-0.39, 0.29) is 11.7 Å². The molecule has 17 heavy (non-hydrogen) atoms. The molecule has 1 aromatic carbocycles. The Bertz CT molecular complexity index is 439. The molecular formula is C13H15BrFNO. The molecule has 1 amide bonds. The lowest BCUT2D eigenvalue weighted by Gasteiger charge is -2.05. The molecule has 0 unspecified atom stereocenters. The Hall–Kier alpha value is -1.16. The van der Waals surface area contributed by atoms with E-state index >= 15 is 0 Å². The molecule has 0 bridgehead atoms. The second-order valence-electron chi connectivity index (χ2n) is 4.00. The van der Waals surface area contributed by atoms with Gasteiger partial charge in [0.15, 0.2) is 0 Å². The minimum Gasteiger partial charge on any atom is -0.352 e. The van der Waals surface area contributed by atoms with Crippen molar-refractivity contribution < 1.29 is 9.18 Å². The standard InChI is InChI=1S/C13H15BrFNO/c1-9(2)7-13(17)16-6-5-10-8-11(14)3-4-12(10)15/h3-4,7-8H,5-6H2,1-2H3,(H,16,17). The van der Waals surface area contributed by atoms with Crippen LogP contribution < -0.4 is 5.32 Å². The zero-order valence-corrected chi connectivity index (χ0v) is 11.5. The lowest BCUT2D eigenvalue weighted by molar-refractivity contribution is -0.116. The predicted octanol–water partition coefficient (Wildman–Crippen LogP) is 3.21. The normalized spacial score (nSPS) is 9.88. The van der Waals surface area contributed by atoms with Crippen LogP contribution in [0.1, 0.15) is 19.4 Å². The third-order valence-corrected chi connectivity index (χ3v) is 2.61. The largest absolute Gasteiger partial charge is 0.352 e. The fourth-order valence-electron chi connectivity index (χ4n) is 1.37. The van der Waals surface area contributed by atoms with Gasteiger partial charge in [0.25, 0.3) is 0 Å². The van der Waals surface area contributed by atoms with E-state index in [0.717, 1.165) is 10.0 Å². The summed E-state index contributed by atoms with van der Waals surface area (Å²) < 4.78 is 14.2. The summed E-state index contributed by atoms with van der Waals surface area (Å²) in [5.74, 6) is -0.384. The highest BCUT2D eigenvalue weighted by Gasteiger charge is 2.03. The van der Waals surface area contributed by atoms with E-state index in [0.29, 0.717) is 18.5 Å². The molecule has 0 aliphatic heterocycles. The summed E-state index contributed by atoms with van der Waals surface area (Å²) in [6.07, 6.45) is 2.00. The van der Waals surface area contributed by atoms with E-state index in [4.69, 9.17) is 0 Å². The molecule has 0 heterocycles. The maximum Gasteiger partial charge on any atom is 0.243 e. The highest BCUT2D eigenvalue weighted by Crippen LogP contribution is 2.15. The van der Waals surface area contributed by atoms with Gasteiger partial charge in [-0.25, -0.2) is 4.39 Å². The van der Waals surface area contributed by atoms with Crippen LogP contribution in [0.2, 0.25) is 0 Å². The summed E-state index contributed by atoms with van der Waals surface area (Å²) >= 11 is 3.29. The fraction of sp³-hybridized carbons (Fsp3) is 0.308. The number of nitrogens with one attached hydrogen (secondary N) is 1. The molecule has 0 aliphatic rings. The maximum absolute atomic E-state index is 13.4. The van der Waals surface area contributed by atoms with Crippen molar-refractivity contribution in [2.24, 2.45) is 0 Å². The number of hydrogen-bond acceptors (Lipinski definition) is 1. The minimum atomic E-state index is -0.246. The number of halogens is 2. The van der Waals surface area contributed by atoms with Crippen LogP contribution in [-0.4, -0.2) is 12.5 Å². The highest BCUT2D eigenvalue weighted by atomic mass is 79.9. The van der Waals surface area contributed by atoms with Gasteiger partial charge in [-0.3, -0.25) is 4.79 Å². The van der Waals surface area contributed by atoms with Crippen LogP contribution in [0.3, 0.4) is 0 Å². The van der Waals surface area contributed by atoms with E-state index in [2.05, 4.69) is 21.2 Å². The monoisotopic (exact) mass is 299 g/mol. The lowest BCUT2D eigenvalue weighted by atomic mass is 10.1. The number of allylic oxidation sites excluding steroid dienone is 1. The Balaban J connectivity index is 2.49. The molecule has 0 fully saturated rings. The molecule has 2 nitrogen and oxygen atoms in total. The smallest absolute Gasteiger partial charge is 0.243 e. The Morgan fingerprint density at radius 3 is 2.82 bits per heavy atom. The van der Waals surface area contributed by atoms with Gasteiger partial charge in [-0.1, -0.05) is 21.5 Å². The van der Waals surface area contributed by atoms with Gasteiger partial charge >= 0.3 is 0 Å². The molecule has 0 spiro atoms. The van der Waals surface area contributed by atoms with Gasteiger partial charge in [0.1, 0.15) is 5.82 Å². The summed E-state index contributed by atoms with van der Waals surface area (Å²) in [5, 5.41) is 2.71. The van der Waals surface area contributed by atoms with Crippen molar-refractivity contribution in [3.63, 3.8) is 0 Å². The first-order valence-electron chi connectivity index (χ1n) is 5.35. The van der Waals surface area contributed by atoms with Crippen LogP contribution in [0.5, 0.6) is 0 Å². The Morgan fingerprint density at radius 1 is 1.47 bits per heavy atom. The molecule has 0 atom stereocenters. The molecule has 0 radical (unpaired) electrons. The van der Waals surface area contributed by atoms with Crippen LogP contribution in [0, 0.1) is 5.82 Å². The van der Waals surface area contributed by atoms with Crippen LogP contribution in [0.25, 0.3) is 0 Å². The molecule has 92 valence electrons. The lowest BCUT2D eigenvalue weighted by Crippen LogP contribution is -2.24. The second kappa shape index (κ2) is 6.55. The molecule has 0 saturated carbocycles. The fourth-order valence-corrected chi connectivity index (χ4v) is 1.78. The third kappa shape index (κ3) is 5.13. The summed E-state index contributed by atoms with van der Waals surface area (Å²) in [7, 11) is 0. The van der Waals surface area contributed by atoms with Crippen molar-refractivity contribution >= 4 is 21.8 Å². The van der Waals surface area contributed by atoms with E-state index in [1.54, 1.807) is 12.1 Å². The summed E-state index contributed by atoms with van der Waals surface area (Å²) in [5.41, 5.74) is 1.54. The molecule has 0 aliphatic carbocycles. The Kier molecular flexibility index (Phi) is 5.35. The summed E-state index contributed by atoms with van der Waals surface area (Å²) in [6.45, 7) is 4.14. The first kappa shape index (κ1) is 13.9. The topological polar surface area (TPSA) is 29.1 Å². The maximum atomic E-state index is 13.4. The Morgan fingerprint density at radius 2 is 2.18 bits per heavy atom. The van der Waals surface area contributed by atoms with Gasteiger partial charge in [0.2, 0.25) is 5.91 Å². The number of amides is 1. The molecule has 0 saturated heterocycles. The van der Waals surface area contributed by atoms with Gasteiger partial charge in [-0.05, 0) is 44.0 Å². The quantitative estimate of drug-likeness (QED) is 0.850. The zero-order chi connectivity index (χ0) is 12.8. The molecule has 1 rings (SSSR count).